The number of carbonyl (C=O) groups excluding carboxylic acids is 2. The molecule has 0 radical (unpaired) electrons. The van der Waals surface area contributed by atoms with Crippen LogP contribution >= 0.6 is 23.2 Å². The van der Waals surface area contributed by atoms with Gasteiger partial charge >= 0.3 is 0 Å². The van der Waals surface area contributed by atoms with Crippen LogP contribution in [0.3, 0.4) is 0 Å². The second-order valence-electron chi connectivity index (χ2n) is 2.59. The highest BCUT2D eigenvalue weighted by Crippen LogP contribution is 2.33. The molecule has 1 N–H and O–H groups in total. The molecule has 0 aliphatic carbocycles. The SMILES string of the molecule is COc1ccc(C(=O)Cl)c(C(=O)Cl)c1O. The van der Waals surface area contributed by atoms with E-state index in [0.29, 0.717) is 0 Å². The third kappa shape index (κ3) is 2.22. The highest BCUT2D eigenvalue weighted by molar-refractivity contribution is 6.72. The first kappa shape index (κ1) is 11.8. The van der Waals surface area contributed by atoms with E-state index in [2.05, 4.69) is 0 Å². The summed E-state index contributed by atoms with van der Waals surface area (Å²) < 4.78 is 4.76. The molecule has 0 bridgehead atoms. The lowest BCUT2D eigenvalue weighted by molar-refractivity contribution is 0.104. The molecule has 1 aromatic carbocycles. The highest BCUT2D eigenvalue weighted by atomic mass is 35.5. The average Bonchev–Trinajstić information content (AvgIpc) is 2.16. The van der Waals surface area contributed by atoms with E-state index in [1.54, 1.807) is 0 Å². The molecule has 0 saturated carbocycles. The molecule has 0 aromatic heterocycles. The van der Waals surface area contributed by atoms with Crippen molar-refractivity contribution >= 4 is 33.7 Å². The minimum absolute atomic E-state index is 0.0423. The van der Waals surface area contributed by atoms with Crippen LogP contribution in [-0.2, 0) is 0 Å². The van der Waals surface area contributed by atoms with Gasteiger partial charge in [0, 0.05) is 0 Å². The Morgan fingerprint density at radius 1 is 1.27 bits per heavy atom. The standard InChI is InChI=1S/C9H6Cl2O4/c1-15-5-3-2-4(8(10)13)6(7(5)12)9(11)14/h2-3,12H,1H3. The van der Waals surface area contributed by atoms with Crippen molar-refractivity contribution < 1.29 is 19.4 Å². The largest absolute Gasteiger partial charge is 0.504 e. The van der Waals surface area contributed by atoms with Crippen molar-refractivity contribution in [2.45, 2.75) is 0 Å². The van der Waals surface area contributed by atoms with Crippen LogP contribution in [0.15, 0.2) is 12.1 Å². The fourth-order valence-electron chi connectivity index (χ4n) is 1.10. The molecule has 1 aromatic rings. The van der Waals surface area contributed by atoms with Crippen molar-refractivity contribution in [2.75, 3.05) is 7.11 Å². The van der Waals surface area contributed by atoms with Crippen molar-refractivity contribution in [1.29, 1.82) is 0 Å². The van der Waals surface area contributed by atoms with E-state index < -0.39 is 16.2 Å². The van der Waals surface area contributed by atoms with E-state index in [1.165, 1.54) is 19.2 Å². The molecular formula is C9H6Cl2O4. The predicted octanol–water partition coefficient (Wildman–Crippen LogP) is 2.16. The summed E-state index contributed by atoms with van der Waals surface area (Å²) in [5, 5.41) is 7.69. The number of halogens is 2. The van der Waals surface area contributed by atoms with Gasteiger partial charge in [0.15, 0.2) is 11.5 Å². The zero-order chi connectivity index (χ0) is 11.6. The maximum Gasteiger partial charge on any atom is 0.257 e. The maximum absolute atomic E-state index is 11.0. The lowest BCUT2D eigenvalue weighted by Gasteiger charge is -2.08. The lowest BCUT2D eigenvalue weighted by atomic mass is 10.1. The molecule has 4 nitrogen and oxygen atoms in total. The van der Waals surface area contributed by atoms with E-state index in [0.717, 1.165) is 0 Å². The molecule has 0 atom stereocenters. The third-order valence-electron chi connectivity index (χ3n) is 1.77. The fraction of sp³-hybridized carbons (Fsp3) is 0.111. The van der Waals surface area contributed by atoms with E-state index in [9.17, 15) is 14.7 Å². The van der Waals surface area contributed by atoms with Gasteiger partial charge < -0.3 is 9.84 Å². The normalized spacial score (nSPS) is 9.80. The molecular weight excluding hydrogens is 243 g/mol. The quantitative estimate of drug-likeness (QED) is 0.833. The van der Waals surface area contributed by atoms with Crippen LogP contribution in [0.4, 0.5) is 0 Å². The number of phenols is 1. The monoisotopic (exact) mass is 248 g/mol. The molecule has 15 heavy (non-hydrogen) atoms. The predicted molar refractivity (Wildman–Crippen MR) is 55.0 cm³/mol. The van der Waals surface area contributed by atoms with E-state index in [-0.39, 0.29) is 16.9 Å². The van der Waals surface area contributed by atoms with Crippen molar-refractivity contribution in [1.82, 2.24) is 0 Å². The Morgan fingerprint density at radius 2 is 1.87 bits per heavy atom. The van der Waals surface area contributed by atoms with Gasteiger partial charge in [0.05, 0.1) is 18.2 Å². The number of phenolic OH excluding ortho intramolecular Hbond substituents is 1. The van der Waals surface area contributed by atoms with Crippen molar-refractivity contribution in [3.63, 3.8) is 0 Å². The average molecular weight is 249 g/mol. The molecule has 1 rings (SSSR count). The van der Waals surface area contributed by atoms with Gasteiger partial charge in [-0.05, 0) is 35.3 Å². The fourth-order valence-corrected chi connectivity index (χ4v) is 1.45. The summed E-state index contributed by atoms with van der Waals surface area (Å²) in [5.41, 5.74) is -0.508. The van der Waals surface area contributed by atoms with Gasteiger partial charge in [-0.25, -0.2) is 0 Å². The zero-order valence-electron chi connectivity index (χ0n) is 7.58. The summed E-state index contributed by atoms with van der Waals surface area (Å²) in [6.45, 7) is 0. The Morgan fingerprint density at radius 3 is 2.27 bits per heavy atom. The van der Waals surface area contributed by atoms with Gasteiger partial charge in [0.25, 0.3) is 10.5 Å². The van der Waals surface area contributed by atoms with Gasteiger partial charge in [0.1, 0.15) is 0 Å². The summed E-state index contributed by atoms with van der Waals surface area (Å²) in [6.07, 6.45) is 0. The zero-order valence-corrected chi connectivity index (χ0v) is 9.09. The van der Waals surface area contributed by atoms with Crippen molar-refractivity contribution in [2.24, 2.45) is 0 Å². The smallest absolute Gasteiger partial charge is 0.257 e. The highest BCUT2D eigenvalue weighted by Gasteiger charge is 2.21. The molecule has 6 heteroatoms. The molecule has 0 fully saturated rings. The molecule has 0 aliphatic heterocycles. The first-order valence-electron chi connectivity index (χ1n) is 3.78. The minimum Gasteiger partial charge on any atom is -0.504 e. The van der Waals surface area contributed by atoms with Crippen LogP contribution < -0.4 is 4.74 Å². The number of rotatable bonds is 3. The number of hydrogen-bond acceptors (Lipinski definition) is 4. The summed E-state index contributed by atoms with van der Waals surface area (Å²) in [6, 6.07) is 2.57. The van der Waals surface area contributed by atoms with Gasteiger partial charge in [-0.1, -0.05) is 0 Å². The Kier molecular flexibility index (Phi) is 3.55. The second-order valence-corrected chi connectivity index (χ2v) is 3.27. The Balaban J connectivity index is 3.51. The van der Waals surface area contributed by atoms with Crippen LogP contribution in [0.5, 0.6) is 11.5 Å². The van der Waals surface area contributed by atoms with Crippen LogP contribution in [0.2, 0.25) is 0 Å². The lowest BCUT2D eigenvalue weighted by Crippen LogP contribution is -2.02. The topological polar surface area (TPSA) is 63.6 Å². The number of carbonyl (C=O) groups is 2. The van der Waals surface area contributed by atoms with Gasteiger partial charge in [-0.2, -0.15) is 0 Å². The van der Waals surface area contributed by atoms with Crippen LogP contribution in [0.1, 0.15) is 20.7 Å². The third-order valence-corrected chi connectivity index (χ3v) is 2.16. The van der Waals surface area contributed by atoms with Gasteiger partial charge in [-0.15, -0.1) is 0 Å². The van der Waals surface area contributed by atoms with E-state index in [1.807, 2.05) is 0 Å². The number of methoxy groups -OCH3 is 1. The van der Waals surface area contributed by atoms with E-state index in [4.69, 9.17) is 27.9 Å². The summed E-state index contributed by atoms with van der Waals surface area (Å²) in [7, 11) is 1.31. The Bertz CT molecular complexity index is 428. The maximum atomic E-state index is 11.0. The molecule has 0 saturated heterocycles. The Hall–Kier alpha value is -1.26. The van der Waals surface area contributed by atoms with Crippen molar-refractivity contribution in [3.8, 4) is 11.5 Å². The molecule has 0 heterocycles. The Labute approximate surface area is 95.4 Å². The van der Waals surface area contributed by atoms with E-state index >= 15 is 0 Å². The van der Waals surface area contributed by atoms with Gasteiger partial charge in [0.2, 0.25) is 0 Å². The molecule has 80 valence electrons. The summed E-state index contributed by atoms with van der Waals surface area (Å²) >= 11 is 10.4. The summed E-state index contributed by atoms with van der Waals surface area (Å²) in [5.74, 6) is -0.454. The van der Waals surface area contributed by atoms with Crippen LogP contribution in [0.25, 0.3) is 0 Å². The molecule has 0 spiro atoms. The first-order chi connectivity index (χ1) is 6.99. The summed E-state index contributed by atoms with van der Waals surface area (Å²) in [4.78, 5) is 21.9. The first-order valence-corrected chi connectivity index (χ1v) is 4.54. The molecule has 0 unspecified atom stereocenters. The molecule has 0 amide bonds. The van der Waals surface area contributed by atoms with Crippen LogP contribution in [-0.4, -0.2) is 22.7 Å². The number of hydrogen-bond donors (Lipinski definition) is 1. The van der Waals surface area contributed by atoms with Crippen molar-refractivity contribution in [3.05, 3.63) is 23.3 Å². The number of aromatic hydroxyl groups is 1. The minimum atomic E-state index is -0.976. The second kappa shape index (κ2) is 4.51. The number of benzene rings is 1. The van der Waals surface area contributed by atoms with Gasteiger partial charge in [-0.3, -0.25) is 9.59 Å². The number of ether oxygens (including phenoxy) is 1. The molecule has 0 aliphatic rings. The van der Waals surface area contributed by atoms with Crippen LogP contribution in [0, 0.1) is 0 Å².